The van der Waals surface area contributed by atoms with Crippen LogP contribution >= 0.6 is 0 Å². The van der Waals surface area contributed by atoms with E-state index in [-0.39, 0.29) is 5.91 Å². The van der Waals surface area contributed by atoms with Crippen LogP contribution in [-0.4, -0.2) is 17.4 Å². The topological polar surface area (TPSA) is 55.1 Å². The average molecular weight is 182 g/mol. The molecule has 1 N–H and O–H groups in total. The normalized spacial score (nSPS) is 9.92. The molecule has 0 fully saturated rings. The Kier molecular flexibility index (Phi) is 4.02. The summed E-state index contributed by atoms with van der Waals surface area (Å²) in [6.45, 7) is 2.83. The van der Waals surface area contributed by atoms with E-state index in [0.717, 1.165) is 19.3 Å². The minimum atomic E-state index is -0.162. The highest BCUT2D eigenvalue weighted by molar-refractivity contribution is 5.91. The molecule has 1 aromatic rings. The third kappa shape index (κ3) is 3.27. The van der Waals surface area contributed by atoms with E-state index in [0.29, 0.717) is 12.2 Å². The van der Waals surface area contributed by atoms with Gasteiger partial charge in [0.1, 0.15) is 6.26 Å². The van der Waals surface area contributed by atoms with Crippen LogP contribution in [0, 0.1) is 0 Å². The Labute approximate surface area is 77.3 Å². The van der Waals surface area contributed by atoms with Crippen molar-refractivity contribution in [1.29, 1.82) is 0 Å². The van der Waals surface area contributed by atoms with Gasteiger partial charge in [-0.3, -0.25) is 4.79 Å². The highest BCUT2D eigenvalue weighted by atomic mass is 16.3. The summed E-state index contributed by atoms with van der Waals surface area (Å²) in [5.74, 6) is -0.162. The van der Waals surface area contributed by atoms with Crippen LogP contribution in [0.25, 0.3) is 0 Å². The molecular weight excluding hydrogens is 168 g/mol. The van der Waals surface area contributed by atoms with Gasteiger partial charge in [0.05, 0.1) is 0 Å². The van der Waals surface area contributed by atoms with Crippen LogP contribution in [0.3, 0.4) is 0 Å². The predicted octanol–water partition coefficient (Wildman–Crippen LogP) is 1.59. The van der Waals surface area contributed by atoms with E-state index in [1.165, 1.54) is 12.7 Å². The maximum Gasteiger partial charge on any atom is 0.273 e. The standard InChI is InChI=1S/C9H14N2O2/c1-2-3-4-5-10-9(12)8-6-13-7-11-8/h6-7H,2-5H2,1H3,(H,10,12). The summed E-state index contributed by atoms with van der Waals surface area (Å²) in [6, 6.07) is 0. The molecule has 0 bridgehead atoms. The maximum atomic E-state index is 11.2. The molecule has 0 spiro atoms. The lowest BCUT2D eigenvalue weighted by Crippen LogP contribution is -2.24. The predicted molar refractivity (Wildman–Crippen MR) is 48.4 cm³/mol. The van der Waals surface area contributed by atoms with Gasteiger partial charge in [0.15, 0.2) is 12.1 Å². The van der Waals surface area contributed by atoms with Gasteiger partial charge in [0.2, 0.25) is 0 Å². The largest absolute Gasteiger partial charge is 0.451 e. The second-order valence-electron chi connectivity index (χ2n) is 2.84. The first kappa shape index (κ1) is 9.77. The number of unbranched alkanes of at least 4 members (excludes halogenated alkanes) is 2. The summed E-state index contributed by atoms with van der Waals surface area (Å²) in [5, 5.41) is 2.76. The SMILES string of the molecule is CCCCCNC(=O)c1cocn1. The number of rotatable bonds is 5. The van der Waals surface area contributed by atoms with Crippen molar-refractivity contribution >= 4 is 5.91 Å². The molecule has 0 atom stereocenters. The van der Waals surface area contributed by atoms with Crippen molar-refractivity contribution in [3.8, 4) is 0 Å². The third-order valence-corrected chi connectivity index (χ3v) is 1.73. The molecule has 0 saturated carbocycles. The number of nitrogens with one attached hydrogen (secondary N) is 1. The smallest absolute Gasteiger partial charge is 0.273 e. The molecule has 1 aromatic heterocycles. The molecule has 0 aliphatic heterocycles. The third-order valence-electron chi connectivity index (χ3n) is 1.73. The van der Waals surface area contributed by atoms with Crippen molar-refractivity contribution in [1.82, 2.24) is 10.3 Å². The van der Waals surface area contributed by atoms with Crippen LogP contribution in [0.2, 0.25) is 0 Å². The number of aromatic nitrogens is 1. The molecule has 4 nitrogen and oxygen atoms in total. The minimum absolute atomic E-state index is 0.162. The number of carbonyl (C=O) groups is 1. The molecule has 0 radical (unpaired) electrons. The fourth-order valence-electron chi connectivity index (χ4n) is 0.992. The molecule has 0 aliphatic rings. The number of hydrogen-bond donors (Lipinski definition) is 1. The van der Waals surface area contributed by atoms with Crippen LogP contribution in [0.1, 0.15) is 36.7 Å². The zero-order valence-electron chi connectivity index (χ0n) is 7.75. The molecular formula is C9H14N2O2. The van der Waals surface area contributed by atoms with Crippen LogP contribution in [0.5, 0.6) is 0 Å². The quantitative estimate of drug-likeness (QED) is 0.703. The van der Waals surface area contributed by atoms with Crippen LogP contribution in [0.4, 0.5) is 0 Å². The van der Waals surface area contributed by atoms with E-state index in [1.54, 1.807) is 0 Å². The lowest BCUT2D eigenvalue weighted by atomic mass is 10.2. The van der Waals surface area contributed by atoms with E-state index in [2.05, 4.69) is 17.2 Å². The molecule has 0 aromatic carbocycles. The van der Waals surface area contributed by atoms with Crippen LogP contribution in [0.15, 0.2) is 17.1 Å². The van der Waals surface area contributed by atoms with Gasteiger partial charge in [-0.2, -0.15) is 0 Å². The lowest BCUT2D eigenvalue weighted by Gasteiger charge is -2.00. The molecule has 13 heavy (non-hydrogen) atoms. The second kappa shape index (κ2) is 5.35. The first-order chi connectivity index (χ1) is 6.34. The Morgan fingerprint density at radius 1 is 1.62 bits per heavy atom. The highest BCUT2D eigenvalue weighted by Gasteiger charge is 2.06. The first-order valence-corrected chi connectivity index (χ1v) is 4.51. The van der Waals surface area contributed by atoms with E-state index < -0.39 is 0 Å². The van der Waals surface area contributed by atoms with E-state index >= 15 is 0 Å². The Hall–Kier alpha value is -1.32. The zero-order valence-corrected chi connectivity index (χ0v) is 7.75. The molecule has 0 aliphatic carbocycles. The van der Waals surface area contributed by atoms with Crippen molar-refractivity contribution in [2.24, 2.45) is 0 Å². The molecule has 0 saturated heterocycles. The number of amides is 1. The zero-order chi connectivity index (χ0) is 9.52. The summed E-state index contributed by atoms with van der Waals surface area (Å²) < 4.78 is 4.69. The molecule has 1 heterocycles. The van der Waals surface area contributed by atoms with Gasteiger partial charge in [-0.25, -0.2) is 4.98 Å². The van der Waals surface area contributed by atoms with E-state index in [1.807, 2.05) is 0 Å². The Bertz CT molecular complexity index is 244. The highest BCUT2D eigenvalue weighted by Crippen LogP contribution is 1.95. The van der Waals surface area contributed by atoms with Crippen molar-refractivity contribution in [3.63, 3.8) is 0 Å². The molecule has 1 rings (SSSR count). The molecule has 72 valence electrons. The van der Waals surface area contributed by atoms with Crippen molar-refractivity contribution in [2.45, 2.75) is 26.2 Å². The number of hydrogen-bond acceptors (Lipinski definition) is 3. The summed E-state index contributed by atoms with van der Waals surface area (Å²) in [6.07, 6.45) is 5.90. The fourth-order valence-corrected chi connectivity index (χ4v) is 0.992. The Morgan fingerprint density at radius 2 is 2.46 bits per heavy atom. The van der Waals surface area contributed by atoms with Gasteiger partial charge in [-0.1, -0.05) is 19.8 Å². The van der Waals surface area contributed by atoms with Gasteiger partial charge >= 0.3 is 0 Å². The maximum absolute atomic E-state index is 11.2. The van der Waals surface area contributed by atoms with Crippen molar-refractivity contribution in [3.05, 3.63) is 18.4 Å². The van der Waals surface area contributed by atoms with Crippen molar-refractivity contribution < 1.29 is 9.21 Å². The summed E-state index contributed by atoms with van der Waals surface area (Å²) in [5.41, 5.74) is 0.344. The van der Waals surface area contributed by atoms with Gasteiger partial charge in [0, 0.05) is 6.54 Å². The number of nitrogens with zero attached hydrogens (tertiary/aromatic N) is 1. The second-order valence-corrected chi connectivity index (χ2v) is 2.84. The first-order valence-electron chi connectivity index (χ1n) is 4.51. The Balaban J connectivity index is 2.19. The van der Waals surface area contributed by atoms with Crippen LogP contribution < -0.4 is 5.32 Å². The molecule has 1 amide bonds. The molecule has 0 unspecified atom stereocenters. The lowest BCUT2D eigenvalue weighted by molar-refractivity contribution is 0.0948. The number of oxazole rings is 1. The van der Waals surface area contributed by atoms with E-state index in [4.69, 9.17) is 4.42 Å². The number of carbonyl (C=O) groups excluding carboxylic acids is 1. The van der Waals surface area contributed by atoms with Crippen LogP contribution in [-0.2, 0) is 0 Å². The van der Waals surface area contributed by atoms with Gasteiger partial charge in [-0.15, -0.1) is 0 Å². The summed E-state index contributed by atoms with van der Waals surface area (Å²) in [4.78, 5) is 15.0. The van der Waals surface area contributed by atoms with Crippen molar-refractivity contribution in [2.75, 3.05) is 6.54 Å². The van der Waals surface area contributed by atoms with E-state index in [9.17, 15) is 4.79 Å². The minimum Gasteiger partial charge on any atom is -0.451 e. The monoisotopic (exact) mass is 182 g/mol. The van der Waals surface area contributed by atoms with Gasteiger partial charge < -0.3 is 9.73 Å². The summed E-state index contributed by atoms with van der Waals surface area (Å²) >= 11 is 0. The average Bonchev–Trinajstić information content (AvgIpc) is 2.65. The van der Waals surface area contributed by atoms with Gasteiger partial charge in [-0.05, 0) is 6.42 Å². The summed E-state index contributed by atoms with van der Waals surface area (Å²) in [7, 11) is 0. The fraction of sp³-hybridized carbons (Fsp3) is 0.556. The molecule has 4 heteroatoms. The Morgan fingerprint density at radius 3 is 3.08 bits per heavy atom. The van der Waals surface area contributed by atoms with Gasteiger partial charge in [0.25, 0.3) is 5.91 Å².